The highest BCUT2D eigenvalue weighted by atomic mass is 32.2. The Balaban J connectivity index is 1.80. The van der Waals surface area contributed by atoms with Crippen LogP contribution in [0.5, 0.6) is 5.75 Å². The second-order valence-corrected chi connectivity index (χ2v) is 9.23. The van der Waals surface area contributed by atoms with Crippen molar-refractivity contribution in [1.29, 1.82) is 0 Å². The third kappa shape index (κ3) is 3.27. The average Bonchev–Trinajstić information content (AvgIpc) is 2.98. The summed E-state index contributed by atoms with van der Waals surface area (Å²) < 4.78 is 29.9. The van der Waals surface area contributed by atoms with E-state index in [0.29, 0.717) is 19.7 Å². The first-order valence-electron chi connectivity index (χ1n) is 8.88. The first-order chi connectivity index (χ1) is 12.8. The number of amides is 1. The van der Waals surface area contributed by atoms with E-state index in [-0.39, 0.29) is 16.7 Å². The Morgan fingerprint density at radius 1 is 1.19 bits per heavy atom. The third-order valence-corrected chi connectivity index (χ3v) is 6.57. The molecule has 2 heterocycles. The van der Waals surface area contributed by atoms with Crippen LogP contribution in [0, 0.1) is 5.92 Å². The number of carbonyl (C=O) groups is 1. The summed E-state index contributed by atoms with van der Waals surface area (Å²) >= 11 is 0. The predicted molar refractivity (Wildman–Crippen MR) is 101 cm³/mol. The maximum Gasteiger partial charge on any atom is 0.407 e. The number of fused-ring (bicyclic) bond motifs is 3. The van der Waals surface area contributed by atoms with Crippen molar-refractivity contribution < 1.29 is 23.1 Å². The van der Waals surface area contributed by atoms with Crippen molar-refractivity contribution in [3.8, 4) is 16.9 Å². The molecule has 2 aromatic rings. The molecule has 0 aromatic heterocycles. The molecule has 1 saturated heterocycles. The van der Waals surface area contributed by atoms with Crippen molar-refractivity contribution in [3.05, 3.63) is 48.0 Å². The van der Waals surface area contributed by atoms with Crippen LogP contribution in [0.15, 0.2) is 47.4 Å². The van der Waals surface area contributed by atoms with Gasteiger partial charge in [0, 0.05) is 30.8 Å². The van der Waals surface area contributed by atoms with Gasteiger partial charge >= 0.3 is 6.09 Å². The summed E-state index contributed by atoms with van der Waals surface area (Å²) in [5.74, 6) is 1.07. The summed E-state index contributed by atoms with van der Waals surface area (Å²) in [5.41, 5.74) is 2.62. The topological polar surface area (TPSA) is 83.9 Å². The molecule has 2 aliphatic rings. The maximum absolute atomic E-state index is 11.9. The van der Waals surface area contributed by atoms with Crippen molar-refractivity contribution in [2.24, 2.45) is 5.92 Å². The number of nitrogens with zero attached hydrogens (tertiary/aromatic N) is 1. The SMILES string of the molecule is CS(=O)(=O)c1cccc(-c2cccc3c2OCC[C@@H]2CN(C(=O)O)C[C@@H]32)c1. The number of ether oxygens (including phenoxy) is 1. The van der Waals surface area contributed by atoms with Crippen LogP contribution in [0.3, 0.4) is 0 Å². The number of likely N-dealkylation sites (tertiary alicyclic amines) is 1. The largest absolute Gasteiger partial charge is 0.493 e. The molecule has 1 amide bonds. The minimum Gasteiger partial charge on any atom is -0.493 e. The van der Waals surface area contributed by atoms with Crippen LogP contribution in [0.4, 0.5) is 4.79 Å². The molecule has 142 valence electrons. The van der Waals surface area contributed by atoms with Crippen LogP contribution in [-0.4, -0.2) is 50.5 Å². The zero-order valence-corrected chi connectivity index (χ0v) is 15.8. The molecule has 1 fully saturated rings. The predicted octanol–water partition coefficient (Wildman–Crippen LogP) is 3.23. The Labute approximate surface area is 158 Å². The molecule has 0 unspecified atom stereocenters. The number of sulfone groups is 1. The molecule has 0 radical (unpaired) electrons. The number of benzene rings is 2. The molecule has 0 spiro atoms. The van der Waals surface area contributed by atoms with Crippen molar-refractivity contribution in [1.82, 2.24) is 4.90 Å². The van der Waals surface area contributed by atoms with Gasteiger partial charge in [-0.1, -0.05) is 30.3 Å². The number of hydrogen-bond donors (Lipinski definition) is 1. The lowest BCUT2D eigenvalue weighted by atomic mass is 9.86. The zero-order chi connectivity index (χ0) is 19.2. The van der Waals surface area contributed by atoms with Crippen LogP contribution in [-0.2, 0) is 9.84 Å². The summed E-state index contributed by atoms with van der Waals surface area (Å²) in [4.78, 5) is 13.1. The molecule has 7 heteroatoms. The van der Waals surface area contributed by atoms with Crippen molar-refractivity contribution >= 4 is 15.9 Å². The molecular formula is C20H21NO5S. The van der Waals surface area contributed by atoms with Gasteiger partial charge in [0.15, 0.2) is 9.84 Å². The Bertz CT molecular complexity index is 1000. The molecule has 6 nitrogen and oxygen atoms in total. The first-order valence-corrected chi connectivity index (χ1v) is 10.8. The Hall–Kier alpha value is -2.54. The van der Waals surface area contributed by atoms with E-state index in [1.807, 2.05) is 24.3 Å². The van der Waals surface area contributed by atoms with Crippen LogP contribution < -0.4 is 4.74 Å². The van der Waals surface area contributed by atoms with E-state index in [2.05, 4.69) is 0 Å². The summed E-state index contributed by atoms with van der Waals surface area (Å²) in [6.07, 6.45) is 1.10. The fraction of sp³-hybridized carbons (Fsp3) is 0.350. The Morgan fingerprint density at radius 3 is 2.70 bits per heavy atom. The third-order valence-electron chi connectivity index (χ3n) is 5.46. The maximum atomic E-state index is 11.9. The van der Waals surface area contributed by atoms with Gasteiger partial charge in [0.25, 0.3) is 0 Å². The minimum absolute atomic E-state index is 0.0941. The zero-order valence-electron chi connectivity index (χ0n) is 15.0. The first kappa shape index (κ1) is 17.9. The molecule has 0 aliphatic carbocycles. The molecule has 4 rings (SSSR count). The molecule has 2 aliphatic heterocycles. The standard InChI is InChI=1S/C20H21NO5S/c1-27(24,25)15-5-2-4-13(10-15)16-6-3-7-17-18-12-21(20(22)23)11-14(18)8-9-26-19(16)17/h2-7,10,14,18H,8-9,11-12H2,1H3,(H,22,23)/t14-,18-/m1/s1. The number of para-hydroxylation sites is 1. The van der Waals surface area contributed by atoms with Crippen LogP contribution in [0.25, 0.3) is 11.1 Å². The average molecular weight is 387 g/mol. The normalized spacial score (nSPS) is 21.7. The fourth-order valence-electron chi connectivity index (χ4n) is 4.11. The lowest BCUT2D eigenvalue weighted by Crippen LogP contribution is -2.27. The van der Waals surface area contributed by atoms with Crippen molar-refractivity contribution in [2.75, 3.05) is 26.0 Å². The second kappa shape index (κ2) is 6.56. The lowest BCUT2D eigenvalue weighted by molar-refractivity contribution is 0.152. The molecule has 27 heavy (non-hydrogen) atoms. The fourth-order valence-corrected chi connectivity index (χ4v) is 4.78. The van der Waals surface area contributed by atoms with Crippen LogP contribution in [0.2, 0.25) is 0 Å². The lowest BCUT2D eigenvalue weighted by Gasteiger charge is -2.18. The van der Waals surface area contributed by atoms with E-state index in [1.54, 1.807) is 18.2 Å². The molecule has 2 aromatic carbocycles. The minimum atomic E-state index is -3.31. The highest BCUT2D eigenvalue weighted by molar-refractivity contribution is 7.90. The Kier molecular flexibility index (Phi) is 4.34. The van der Waals surface area contributed by atoms with Gasteiger partial charge in [-0.2, -0.15) is 0 Å². The number of hydrogen-bond acceptors (Lipinski definition) is 4. The van der Waals surface area contributed by atoms with E-state index in [4.69, 9.17) is 4.74 Å². The smallest absolute Gasteiger partial charge is 0.407 e. The van der Waals surface area contributed by atoms with Crippen LogP contribution >= 0.6 is 0 Å². The van der Waals surface area contributed by atoms with Gasteiger partial charge < -0.3 is 14.7 Å². The van der Waals surface area contributed by atoms with Crippen molar-refractivity contribution in [2.45, 2.75) is 17.2 Å². The summed E-state index contributed by atoms with van der Waals surface area (Å²) in [5, 5.41) is 9.36. The van der Waals surface area contributed by atoms with E-state index in [1.165, 1.54) is 11.2 Å². The quantitative estimate of drug-likeness (QED) is 0.855. The summed E-state index contributed by atoms with van der Waals surface area (Å²) in [6.45, 7) is 1.50. The van der Waals surface area contributed by atoms with Gasteiger partial charge in [0.05, 0.1) is 11.5 Å². The summed E-state index contributed by atoms with van der Waals surface area (Å²) in [7, 11) is -3.31. The number of rotatable bonds is 2. The summed E-state index contributed by atoms with van der Waals surface area (Å²) in [6, 6.07) is 12.7. The highest BCUT2D eigenvalue weighted by Gasteiger charge is 2.39. The monoisotopic (exact) mass is 387 g/mol. The number of carboxylic acid groups (broad SMARTS) is 1. The highest BCUT2D eigenvalue weighted by Crippen LogP contribution is 2.45. The molecule has 0 saturated carbocycles. The molecule has 2 atom stereocenters. The van der Waals surface area contributed by atoms with Crippen molar-refractivity contribution in [3.63, 3.8) is 0 Å². The van der Waals surface area contributed by atoms with Gasteiger partial charge in [0.1, 0.15) is 5.75 Å². The Morgan fingerprint density at radius 2 is 1.96 bits per heavy atom. The molecule has 1 N–H and O–H groups in total. The van der Waals surface area contributed by atoms with E-state index in [0.717, 1.165) is 28.9 Å². The molecular weight excluding hydrogens is 366 g/mol. The van der Waals surface area contributed by atoms with Gasteiger partial charge in [-0.05, 0) is 35.6 Å². The van der Waals surface area contributed by atoms with E-state index >= 15 is 0 Å². The van der Waals surface area contributed by atoms with Crippen LogP contribution in [0.1, 0.15) is 17.9 Å². The second-order valence-electron chi connectivity index (χ2n) is 7.22. The molecule has 0 bridgehead atoms. The van der Waals surface area contributed by atoms with Gasteiger partial charge in [-0.25, -0.2) is 13.2 Å². The van der Waals surface area contributed by atoms with E-state index < -0.39 is 15.9 Å². The van der Waals surface area contributed by atoms with Gasteiger partial charge in [-0.3, -0.25) is 0 Å². The van der Waals surface area contributed by atoms with E-state index in [9.17, 15) is 18.3 Å². The van der Waals surface area contributed by atoms with Gasteiger partial charge in [-0.15, -0.1) is 0 Å². The van der Waals surface area contributed by atoms with Gasteiger partial charge in [0.2, 0.25) is 0 Å².